The molecule has 6 nitrogen and oxygen atoms in total. The average molecular weight is 515 g/mol. The zero-order valence-corrected chi connectivity index (χ0v) is 22.0. The number of ether oxygens (including phenoxy) is 1. The number of benzene rings is 2. The minimum absolute atomic E-state index is 0.0136. The Balaban J connectivity index is 1.43. The molecule has 0 spiro atoms. The lowest BCUT2D eigenvalue weighted by Crippen LogP contribution is -2.44. The number of amides is 1. The second-order valence-corrected chi connectivity index (χ2v) is 11.4. The second kappa shape index (κ2) is 9.64. The molecule has 0 unspecified atom stereocenters. The Bertz CT molecular complexity index is 1220. The Morgan fingerprint density at radius 2 is 1.74 bits per heavy atom. The summed E-state index contributed by atoms with van der Waals surface area (Å²) in [5.74, 6) is 1.01. The third-order valence-electron chi connectivity index (χ3n) is 7.10. The number of rotatable bonds is 4. The first-order chi connectivity index (χ1) is 16.7. The zero-order chi connectivity index (χ0) is 24.7. The Kier molecular flexibility index (Phi) is 6.73. The number of hydrogen-bond acceptors (Lipinski definition) is 4. The van der Waals surface area contributed by atoms with Gasteiger partial charge in [-0.05, 0) is 54.5 Å². The van der Waals surface area contributed by atoms with E-state index in [0.717, 1.165) is 61.6 Å². The molecule has 1 aromatic heterocycles. The highest BCUT2D eigenvalue weighted by Crippen LogP contribution is 2.35. The normalized spacial score (nSPS) is 19.5. The molecule has 2 aliphatic rings. The lowest BCUT2D eigenvalue weighted by molar-refractivity contribution is -0.126. The lowest BCUT2D eigenvalue weighted by atomic mass is 9.87. The van der Waals surface area contributed by atoms with E-state index < -0.39 is 0 Å². The van der Waals surface area contributed by atoms with Gasteiger partial charge in [-0.15, -0.1) is 0 Å². The fourth-order valence-corrected chi connectivity index (χ4v) is 5.26. The third-order valence-corrected chi connectivity index (χ3v) is 7.82. The Hall–Kier alpha value is -2.28. The highest BCUT2D eigenvalue weighted by Gasteiger charge is 2.30. The van der Waals surface area contributed by atoms with Gasteiger partial charge in [-0.25, -0.2) is 4.98 Å². The van der Waals surface area contributed by atoms with Crippen LogP contribution in [0.2, 0.25) is 10.0 Å². The summed E-state index contributed by atoms with van der Waals surface area (Å²) in [5.41, 5.74) is 4.08. The van der Waals surface area contributed by atoms with Crippen LogP contribution in [-0.4, -0.2) is 47.8 Å². The fraction of sp³-hybridized carbons (Fsp3) is 0.481. The average Bonchev–Trinajstić information content (AvgIpc) is 3.47. The summed E-state index contributed by atoms with van der Waals surface area (Å²) in [6, 6.07) is 12.5. The van der Waals surface area contributed by atoms with Crippen molar-refractivity contribution in [3.63, 3.8) is 0 Å². The molecule has 8 heteroatoms. The first-order valence-corrected chi connectivity index (χ1v) is 13.1. The van der Waals surface area contributed by atoms with Gasteiger partial charge in [-0.2, -0.15) is 0 Å². The van der Waals surface area contributed by atoms with Gasteiger partial charge in [0.05, 0.1) is 33.7 Å². The van der Waals surface area contributed by atoms with Gasteiger partial charge in [0.1, 0.15) is 0 Å². The molecule has 2 saturated heterocycles. The Morgan fingerprint density at radius 1 is 1.06 bits per heavy atom. The molecule has 5 rings (SSSR count). The molecule has 1 N–H and O–H groups in total. The van der Waals surface area contributed by atoms with Crippen molar-refractivity contribution < 1.29 is 9.53 Å². The maximum atomic E-state index is 12.8. The molecule has 3 heterocycles. The molecule has 3 aromatic rings. The quantitative estimate of drug-likeness (QED) is 0.481. The molecule has 35 heavy (non-hydrogen) atoms. The number of anilines is 1. The SMILES string of the molecule is CC(C)(C)c1ccc(-n2c(N3CCC(C(=O)N[C@@H]4CCOC4)CC3)nc3cc(Cl)c(Cl)cc32)cc1. The number of piperidine rings is 1. The maximum Gasteiger partial charge on any atom is 0.223 e. The minimum atomic E-state index is 0.0136. The van der Waals surface area contributed by atoms with Gasteiger partial charge in [-0.1, -0.05) is 56.1 Å². The molecule has 0 bridgehead atoms. The summed E-state index contributed by atoms with van der Waals surface area (Å²) < 4.78 is 7.55. The predicted octanol–water partition coefficient (Wildman–Crippen LogP) is 5.75. The van der Waals surface area contributed by atoms with Crippen molar-refractivity contribution in [2.75, 3.05) is 31.2 Å². The van der Waals surface area contributed by atoms with E-state index in [1.165, 1.54) is 5.56 Å². The molecule has 1 amide bonds. The number of aromatic nitrogens is 2. The van der Waals surface area contributed by atoms with Crippen molar-refractivity contribution in [2.24, 2.45) is 5.92 Å². The van der Waals surface area contributed by atoms with Gasteiger partial charge in [0.2, 0.25) is 11.9 Å². The van der Waals surface area contributed by atoms with E-state index in [0.29, 0.717) is 16.7 Å². The Labute approximate surface area is 216 Å². The summed E-state index contributed by atoms with van der Waals surface area (Å²) in [6.07, 6.45) is 2.47. The summed E-state index contributed by atoms with van der Waals surface area (Å²) in [7, 11) is 0. The molecule has 0 radical (unpaired) electrons. The minimum Gasteiger partial charge on any atom is -0.379 e. The predicted molar refractivity (Wildman–Crippen MR) is 142 cm³/mol. The summed E-state index contributed by atoms with van der Waals surface area (Å²) in [4.78, 5) is 20.0. The van der Waals surface area contributed by atoms with Crippen LogP contribution in [0.5, 0.6) is 0 Å². The first-order valence-electron chi connectivity index (χ1n) is 12.3. The third kappa shape index (κ3) is 5.02. The summed E-state index contributed by atoms with van der Waals surface area (Å²) in [6.45, 7) is 9.48. The van der Waals surface area contributed by atoms with Gasteiger partial charge >= 0.3 is 0 Å². The van der Waals surface area contributed by atoms with Crippen LogP contribution >= 0.6 is 23.2 Å². The maximum absolute atomic E-state index is 12.8. The van der Waals surface area contributed by atoms with Crippen molar-refractivity contribution in [3.05, 3.63) is 52.0 Å². The molecule has 0 aliphatic carbocycles. The number of nitrogens with one attached hydrogen (secondary N) is 1. The molecule has 2 fully saturated rings. The van der Waals surface area contributed by atoms with Crippen molar-refractivity contribution in [2.45, 2.75) is 51.5 Å². The number of carbonyl (C=O) groups excluding carboxylic acids is 1. The van der Waals surface area contributed by atoms with Crippen LogP contribution in [0.4, 0.5) is 5.95 Å². The van der Waals surface area contributed by atoms with E-state index in [1.54, 1.807) is 0 Å². The molecular weight excluding hydrogens is 483 g/mol. The molecule has 0 saturated carbocycles. The van der Waals surface area contributed by atoms with Crippen LogP contribution in [0.1, 0.15) is 45.6 Å². The van der Waals surface area contributed by atoms with Crippen LogP contribution in [-0.2, 0) is 14.9 Å². The van der Waals surface area contributed by atoms with Crippen LogP contribution in [0.3, 0.4) is 0 Å². The lowest BCUT2D eigenvalue weighted by Gasteiger charge is -2.33. The number of nitrogens with zero attached hydrogens (tertiary/aromatic N) is 3. The summed E-state index contributed by atoms with van der Waals surface area (Å²) >= 11 is 12.7. The molecular formula is C27H32Cl2N4O2. The number of imidazole rings is 1. The van der Waals surface area contributed by atoms with Crippen molar-refractivity contribution in [1.82, 2.24) is 14.9 Å². The van der Waals surface area contributed by atoms with Crippen LogP contribution in [0.15, 0.2) is 36.4 Å². The largest absolute Gasteiger partial charge is 0.379 e. The van der Waals surface area contributed by atoms with E-state index in [1.807, 2.05) is 12.1 Å². The van der Waals surface area contributed by atoms with E-state index in [-0.39, 0.29) is 23.3 Å². The van der Waals surface area contributed by atoms with Gasteiger partial charge in [0.25, 0.3) is 0 Å². The first kappa shape index (κ1) is 24.4. The summed E-state index contributed by atoms with van der Waals surface area (Å²) in [5, 5.41) is 4.15. The molecule has 1 atom stereocenters. The fourth-order valence-electron chi connectivity index (χ4n) is 4.95. The van der Waals surface area contributed by atoms with Crippen molar-refractivity contribution in [3.8, 4) is 5.69 Å². The van der Waals surface area contributed by atoms with E-state index >= 15 is 0 Å². The molecule has 2 aromatic carbocycles. The van der Waals surface area contributed by atoms with Crippen molar-refractivity contribution in [1.29, 1.82) is 0 Å². The number of halogens is 2. The van der Waals surface area contributed by atoms with Gasteiger partial charge in [0, 0.05) is 31.3 Å². The Morgan fingerprint density at radius 3 is 2.37 bits per heavy atom. The number of fused-ring (bicyclic) bond motifs is 1. The van der Waals surface area contributed by atoms with Crippen LogP contribution < -0.4 is 10.2 Å². The van der Waals surface area contributed by atoms with Gasteiger partial charge in [-0.3, -0.25) is 9.36 Å². The standard InChI is InChI=1S/C27H32Cl2N4O2/c1-27(2,3)18-4-6-20(7-5-18)33-24-15-22(29)21(28)14-23(24)31-26(33)32-11-8-17(9-12-32)25(34)30-19-10-13-35-16-19/h4-7,14-15,17,19H,8-13,16H2,1-3H3,(H,30,34)/t19-/m1/s1. The van der Waals surface area contributed by atoms with Crippen LogP contribution in [0, 0.1) is 5.92 Å². The zero-order valence-electron chi connectivity index (χ0n) is 20.5. The second-order valence-electron chi connectivity index (χ2n) is 10.6. The van der Waals surface area contributed by atoms with E-state index in [4.69, 9.17) is 32.9 Å². The molecule has 2 aliphatic heterocycles. The van der Waals surface area contributed by atoms with Crippen LogP contribution in [0.25, 0.3) is 16.7 Å². The van der Waals surface area contributed by atoms with Crippen molar-refractivity contribution >= 4 is 46.1 Å². The van der Waals surface area contributed by atoms with E-state index in [9.17, 15) is 4.79 Å². The monoisotopic (exact) mass is 514 g/mol. The van der Waals surface area contributed by atoms with E-state index in [2.05, 4.69) is 59.8 Å². The van der Waals surface area contributed by atoms with Gasteiger partial charge < -0.3 is 15.0 Å². The smallest absolute Gasteiger partial charge is 0.223 e. The highest BCUT2D eigenvalue weighted by molar-refractivity contribution is 6.42. The number of carbonyl (C=O) groups is 1. The number of hydrogen-bond donors (Lipinski definition) is 1. The molecule has 186 valence electrons. The topological polar surface area (TPSA) is 59.4 Å². The highest BCUT2D eigenvalue weighted by atomic mass is 35.5. The van der Waals surface area contributed by atoms with Gasteiger partial charge in [0.15, 0.2) is 0 Å².